The first-order valence-electron chi connectivity index (χ1n) is 12.7. The van der Waals surface area contributed by atoms with Gasteiger partial charge in [0.05, 0.1) is 34.4 Å². The molecule has 0 unspecified atom stereocenters. The Balaban J connectivity index is 1.29. The Hall–Kier alpha value is -3.76. The average Bonchev–Trinajstić information content (AvgIpc) is 3.60. The SMILES string of the molecule is C[C@@H]1Cc2nn3c(c2CN1C(=O)c1ccc(Cl)c(Cl)c1)C(=O)N([C@H](C)c1ccc(-n2cncn2)nc1)C[C@H]3C. The lowest BCUT2D eigenvalue weighted by Crippen LogP contribution is -2.45. The fraction of sp³-hybridized carbons (Fsp3) is 0.333. The van der Waals surface area contributed by atoms with E-state index in [2.05, 4.69) is 22.0 Å². The fourth-order valence-electron chi connectivity index (χ4n) is 5.38. The fourth-order valence-corrected chi connectivity index (χ4v) is 5.67. The number of aromatic nitrogens is 6. The van der Waals surface area contributed by atoms with Gasteiger partial charge in [-0.15, -0.1) is 0 Å². The molecule has 0 saturated heterocycles. The largest absolute Gasteiger partial charge is 0.331 e. The molecule has 3 atom stereocenters. The quantitative estimate of drug-likeness (QED) is 0.361. The van der Waals surface area contributed by atoms with Crippen LogP contribution in [0.25, 0.3) is 5.82 Å². The van der Waals surface area contributed by atoms with E-state index in [0.717, 1.165) is 16.8 Å². The summed E-state index contributed by atoms with van der Waals surface area (Å²) in [7, 11) is 0. The second kappa shape index (κ2) is 9.77. The van der Waals surface area contributed by atoms with Crippen LogP contribution in [0.2, 0.25) is 10.0 Å². The van der Waals surface area contributed by atoms with E-state index in [9.17, 15) is 9.59 Å². The van der Waals surface area contributed by atoms with Crippen molar-refractivity contribution < 1.29 is 9.59 Å². The highest BCUT2D eigenvalue weighted by Gasteiger charge is 2.40. The summed E-state index contributed by atoms with van der Waals surface area (Å²) >= 11 is 12.2. The summed E-state index contributed by atoms with van der Waals surface area (Å²) in [6.07, 6.45) is 5.36. The van der Waals surface area contributed by atoms with Gasteiger partial charge in [-0.1, -0.05) is 29.3 Å². The summed E-state index contributed by atoms with van der Waals surface area (Å²) < 4.78 is 3.42. The Morgan fingerprint density at radius 1 is 1.10 bits per heavy atom. The highest BCUT2D eigenvalue weighted by molar-refractivity contribution is 6.42. The van der Waals surface area contributed by atoms with Crippen molar-refractivity contribution in [1.82, 2.24) is 39.3 Å². The molecule has 2 aliphatic rings. The Morgan fingerprint density at radius 3 is 2.62 bits per heavy atom. The normalized spacial score (nSPS) is 19.6. The van der Waals surface area contributed by atoms with Crippen molar-refractivity contribution in [2.75, 3.05) is 6.54 Å². The summed E-state index contributed by atoms with van der Waals surface area (Å²) in [4.78, 5) is 39.5. The zero-order valence-corrected chi connectivity index (χ0v) is 23.1. The van der Waals surface area contributed by atoms with Gasteiger partial charge in [-0.25, -0.2) is 14.6 Å². The second-order valence-electron chi connectivity index (χ2n) is 10.1. The number of pyridine rings is 1. The molecular weight excluding hydrogens is 539 g/mol. The molecule has 2 aliphatic heterocycles. The maximum atomic E-state index is 14.0. The molecule has 3 aromatic heterocycles. The Bertz CT molecular complexity index is 1570. The third kappa shape index (κ3) is 4.37. The molecule has 6 rings (SSSR count). The van der Waals surface area contributed by atoms with Gasteiger partial charge in [-0.3, -0.25) is 14.3 Å². The van der Waals surface area contributed by atoms with Crippen LogP contribution in [0.4, 0.5) is 0 Å². The number of hydrogen-bond acceptors (Lipinski definition) is 6. The van der Waals surface area contributed by atoms with Gasteiger partial charge in [0.25, 0.3) is 11.8 Å². The molecule has 0 spiro atoms. The Morgan fingerprint density at radius 2 is 1.92 bits per heavy atom. The van der Waals surface area contributed by atoms with E-state index >= 15 is 0 Å². The van der Waals surface area contributed by atoms with E-state index < -0.39 is 0 Å². The highest BCUT2D eigenvalue weighted by atomic mass is 35.5. The number of halogens is 2. The van der Waals surface area contributed by atoms with Gasteiger partial charge in [0.1, 0.15) is 18.3 Å². The van der Waals surface area contributed by atoms with E-state index in [0.29, 0.717) is 46.6 Å². The van der Waals surface area contributed by atoms with Crippen molar-refractivity contribution in [2.24, 2.45) is 0 Å². The molecule has 10 nitrogen and oxygen atoms in total. The topological polar surface area (TPSA) is 102 Å². The summed E-state index contributed by atoms with van der Waals surface area (Å²) in [6, 6.07) is 8.36. The van der Waals surface area contributed by atoms with Gasteiger partial charge in [0, 0.05) is 36.3 Å². The number of amides is 2. The maximum absolute atomic E-state index is 14.0. The number of hydrogen-bond donors (Lipinski definition) is 0. The van der Waals surface area contributed by atoms with Crippen LogP contribution >= 0.6 is 23.2 Å². The standard InChI is InChI=1S/C27H26Cl2N8O2/c1-15-8-23-20(12-34(15)26(38)18-4-6-21(28)22(29)9-18)25-27(39)35(11-16(2)37(25)33-23)17(3)19-5-7-24(31-10-19)36-14-30-13-32-36/h4-7,9-10,13-17H,8,11-12H2,1-3H3/t15-,16-,17-/m1/s1. The van der Waals surface area contributed by atoms with E-state index in [1.165, 1.54) is 6.33 Å². The molecule has 200 valence electrons. The number of benzene rings is 1. The van der Waals surface area contributed by atoms with E-state index in [-0.39, 0.29) is 29.9 Å². The van der Waals surface area contributed by atoms with Crippen molar-refractivity contribution >= 4 is 35.0 Å². The molecule has 0 bridgehead atoms. The van der Waals surface area contributed by atoms with Crippen LogP contribution in [0.5, 0.6) is 0 Å². The van der Waals surface area contributed by atoms with Crippen LogP contribution in [0, 0.1) is 0 Å². The summed E-state index contributed by atoms with van der Waals surface area (Å²) in [5.74, 6) is 0.382. The monoisotopic (exact) mass is 564 g/mol. The van der Waals surface area contributed by atoms with Gasteiger partial charge in [-0.05, 0) is 50.6 Å². The average molecular weight is 565 g/mol. The highest BCUT2D eigenvalue weighted by Crippen LogP contribution is 2.35. The first-order chi connectivity index (χ1) is 18.7. The van der Waals surface area contributed by atoms with E-state index in [1.807, 2.05) is 35.6 Å². The van der Waals surface area contributed by atoms with Crippen LogP contribution in [-0.2, 0) is 13.0 Å². The van der Waals surface area contributed by atoms with Crippen molar-refractivity contribution in [2.45, 2.75) is 51.9 Å². The molecule has 0 radical (unpaired) electrons. The van der Waals surface area contributed by atoms with Crippen molar-refractivity contribution in [1.29, 1.82) is 0 Å². The van der Waals surface area contributed by atoms with Gasteiger partial charge in [-0.2, -0.15) is 10.2 Å². The molecule has 0 saturated carbocycles. The molecule has 5 heterocycles. The van der Waals surface area contributed by atoms with Crippen LogP contribution < -0.4 is 0 Å². The Kier molecular flexibility index (Phi) is 6.39. The predicted octanol–water partition coefficient (Wildman–Crippen LogP) is 4.53. The van der Waals surface area contributed by atoms with Gasteiger partial charge < -0.3 is 9.80 Å². The van der Waals surface area contributed by atoms with E-state index in [1.54, 1.807) is 40.3 Å². The molecule has 0 N–H and O–H groups in total. The van der Waals surface area contributed by atoms with Crippen molar-refractivity contribution in [3.05, 3.63) is 87.3 Å². The number of rotatable bonds is 4. The second-order valence-corrected chi connectivity index (χ2v) is 10.9. The van der Waals surface area contributed by atoms with Gasteiger partial charge >= 0.3 is 0 Å². The molecule has 1 aromatic carbocycles. The summed E-state index contributed by atoms with van der Waals surface area (Å²) in [5.41, 5.74) is 3.57. The number of carbonyl (C=O) groups is 2. The number of fused-ring (bicyclic) bond motifs is 3. The smallest absolute Gasteiger partial charge is 0.273 e. The van der Waals surface area contributed by atoms with Crippen LogP contribution in [-0.4, -0.2) is 63.7 Å². The minimum absolute atomic E-state index is 0.0253. The zero-order chi connectivity index (χ0) is 27.4. The van der Waals surface area contributed by atoms with Gasteiger partial charge in [0.15, 0.2) is 5.82 Å². The minimum atomic E-state index is -0.215. The summed E-state index contributed by atoms with van der Waals surface area (Å²) in [5, 5.41) is 9.67. The predicted molar refractivity (Wildman–Crippen MR) is 145 cm³/mol. The zero-order valence-electron chi connectivity index (χ0n) is 21.6. The molecule has 2 amide bonds. The lowest BCUT2D eigenvalue weighted by Gasteiger charge is -2.37. The van der Waals surface area contributed by atoms with Crippen LogP contribution in [0.15, 0.2) is 49.2 Å². The maximum Gasteiger partial charge on any atom is 0.273 e. The summed E-state index contributed by atoms with van der Waals surface area (Å²) in [6.45, 7) is 6.85. The molecule has 12 heteroatoms. The van der Waals surface area contributed by atoms with Gasteiger partial charge in [0.2, 0.25) is 0 Å². The van der Waals surface area contributed by atoms with E-state index in [4.69, 9.17) is 28.3 Å². The van der Waals surface area contributed by atoms with Crippen molar-refractivity contribution in [3.8, 4) is 5.82 Å². The number of carbonyl (C=O) groups excluding carboxylic acids is 2. The Labute approximate surface area is 235 Å². The molecule has 0 aliphatic carbocycles. The molecule has 4 aromatic rings. The van der Waals surface area contributed by atoms with Crippen molar-refractivity contribution in [3.63, 3.8) is 0 Å². The number of nitrogens with zero attached hydrogens (tertiary/aromatic N) is 8. The lowest BCUT2D eigenvalue weighted by atomic mass is 9.96. The first kappa shape index (κ1) is 25.5. The van der Waals surface area contributed by atoms with Crippen LogP contribution in [0.3, 0.4) is 0 Å². The first-order valence-corrected chi connectivity index (χ1v) is 13.5. The van der Waals surface area contributed by atoms with Crippen LogP contribution in [0.1, 0.15) is 70.5 Å². The minimum Gasteiger partial charge on any atom is -0.331 e. The molecule has 39 heavy (non-hydrogen) atoms. The molecular formula is C27H26Cl2N8O2. The third-order valence-corrected chi connectivity index (χ3v) is 8.32. The lowest BCUT2D eigenvalue weighted by molar-refractivity contribution is 0.0574. The third-order valence-electron chi connectivity index (χ3n) is 7.58. The molecule has 0 fully saturated rings.